The van der Waals surface area contributed by atoms with Crippen molar-refractivity contribution in [2.75, 3.05) is 13.2 Å². The zero-order chi connectivity index (χ0) is 20.2. The van der Waals surface area contributed by atoms with Crippen molar-refractivity contribution in [1.29, 1.82) is 0 Å². The number of hydrogen-bond acceptors (Lipinski definition) is 4. The van der Waals surface area contributed by atoms with Crippen LogP contribution in [0.4, 0.5) is 0 Å². The molecule has 2 aromatic carbocycles. The fourth-order valence-corrected chi connectivity index (χ4v) is 6.11. The van der Waals surface area contributed by atoms with Gasteiger partial charge >= 0.3 is 5.97 Å². The predicted molar refractivity (Wildman–Crippen MR) is 110 cm³/mol. The lowest BCUT2D eigenvalue weighted by atomic mass is 9.50. The van der Waals surface area contributed by atoms with Gasteiger partial charge in [0.2, 0.25) is 0 Å². The molecule has 3 aliphatic rings. The molecule has 2 heterocycles. The summed E-state index contributed by atoms with van der Waals surface area (Å²) in [4.78, 5) is 12.6. The second-order valence-electron chi connectivity index (χ2n) is 9.28. The smallest absolute Gasteiger partial charge is 0.338 e. The minimum atomic E-state index is -0.273. The van der Waals surface area contributed by atoms with E-state index in [1.165, 1.54) is 0 Å². The zero-order valence-electron chi connectivity index (χ0n) is 17.3. The first kappa shape index (κ1) is 18.7. The highest BCUT2D eigenvalue weighted by Gasteiger charge is 2.64. The summed E-state index contributed by atoms with van der Waals surface area (Å²) in [6, 6.07) is 17.4. The number of ether oxygens (including phenoxy) is 3. The first-order valence-electron chi connectivity index (χ1n) is 10.6. The monoisotopic (exact) mass is 392 g/mol. The van der Waals surface area contributed by atoms with Crippen LogP contribution in [0.25, 0.3) is 0 Å². The second kappa shape index (κ2) is 6.60. The first-order chi connectivity index (χ1) is 13.9. The third-order valence-electron chi connectivity index (χ3n) is 7.75. The fourth-order valence-electron chi connectivity index (χ4n) is 6.11. The van der Waals surface area contributed by atoms with E-state index in [0.717, 1.165) is 17.7 Å². The molecule has 0 unspecified atom stereocenters. The molecule has 2 bridgehead atoms. The van der Waals surface area contributed by atoms with E-state index >= 15 is 0 Å². The Morgan fingerprint density at radius 1 is 1.10 bits per heavy atom. The van der Waals surface area contributed by atoms with Crippen molar-refractivity contribution in [1.82, 2.24) is 0 Å². The van der Waals surface area contributed by atoms with Gasteiger partial charge in [-0.1, -0.05) is 50.2 Å². The largest absolute Gasteiger partial charge is 0.487 e. The number of carbonyl (C=O) groups is 1. The van der Waals surface area contributed by atoms with E-state index < -0.39 is 0 Å². The highest BCUT2D eigenvalue weighted by Crippen LogP contribution is 2.63. The van der Waals surface area contributed by atoms with E-state index in [0.29, 0.717) is 30.6 Å². The van der Waals surface area contributed by atoms with Crippen LogP contribution in [-0.2, 0) is 9.47 Å². The highest BCUT2D eigenvalue weighted by atomic mass is 16.5. The molecule has 0 amide bonds. The quantitative estimate of drug-likeness (QED) is 0.686. The number of hydrogen-bond donors (Lipinski definition) is 0. The van der Waals surface area contributed by atoms with Crippen LogP contribution in [0.1, 0.15) is 49.2 Å². The van der Waals surface area contributed by atoms with Crippen LogP contribution in [0.5, 0.6) is 5.75 Å². The average Bonchev–Trinajstić information content (AvgIpc) is 2.72. The van der Waals surface area contributed by atoms with Gasteiger partial charge in [-0.25, -0.2) is 4.79 Å². The lowest BCUT2D eigenvalue weighted by molar-refractivity contribution is -0.259. The summed E-state index contributed by atoms with van der Waals surface area (Å²) in [6.45, 7) is 7.75. The number of fused-ring (bicyclic) bond motifs is 3. The number of esters is 1. The van der Waals surface area contributed by atoms with Gasteiger partial charge in [0.1, 0.15) is 11.4 Å². The third-order valence-corrected chi connectivity index (χ3v) is 7.75. The Labute approximate surface area is 172 Å². The number of benzene rings is 2. The molecule has 2 aromatic rings. The van der Waals surface area contributed by atoms with Crippen LogP contribution < -0.4 is 4.74 Å². The molecule has 2 aliphatic heterocycles. The van der Waals surface area contributed by atoms with Crippen LogP contribution >= 0.6 is 0 Å². The maximum absolute atomic E-state index is 12.6. The lowest BCUT2D eigenvalue weighted by Crippen LogP contribution is -2.66. The van der Waals surface area contributed by atoms with Gasteiger partial charge in [-0.2, -0.15) is 0 Å². The molecule has 0 aromatic heterocycles. The normalized spacial score (nSPS) is 37.2. The Balaban J connectivity index is 1.44. The van der Waals surface area contributed by atoms with Gasteiger partial charge in [0.15, 0.2) is 0 Å². The summed E-state index contributed by atoms with van der Waals surface area (Å²) >= 11 is 0. The second-order valence-corrected chi connectivity index (χ2v) is 9.28. The molecule has 1 saturated carbocycles. The zero-order valence-corrected chi connectivity index (χ0v) is 17.3. The summed E-state index contributed by atoms with van der Waals surface area (Å²) in [6.07, 6.45) is 0.962. The van der Waals surface area contributed by atoms with Crippen molar-refractivity contribution < 1.29 is 19.0 Å². The van der Waals surface area contributed by atoms with Gasteiger partial charge in [-0.05, 0) is 43.4 Å². The Morgan fingerprint density at radius 3 is 2.62 bits per heavy atom. The first-order valence-corrected chi connectivity index (χ1v) is 10.6. The van der Waals surface area contributed by atoms with E-state index in [2.05, 4.69) is 26.8 Å². The van der Waals surface area contributed by atoms with Gasteiger partial charge in [0.25, 0.3) is 0 Å². The summed E-state index contributed by atoms with van der Waals surface area (Å²) in [5, 5.41) is 0. The molecule has 0 spiro atoms. The maximum Gasteiger partial charge on any atom is 0.338 e. The average molecular weight is 392 g/mol. The lowest BCUT2D eigenvalue weighted by Gasteiger charge is -2.63. The van der Waals surface area contributed by atoms with Crippen molar-refractivity contribution in [2.45, 2.75) is 38.9 Å². The summed E-state index contributed by atoms with van der Waals surface area (Å²) < 4.78 is 18.9. The van der Waals surface area contributed by atoms with Gasteiger partial charge in [-0.3, -0.25) is 0 Å². The summed E-state index contributed by atoms with van der Waals surface area (Å²) in [7, 11) is 0. The van der Waals surface area contributed by atoms with E-state index in [9.17, 15) is 4.79 Å². The number of rotatable bonds is 3. The van der Waals surface area contributed by atoms with Crippen molar-refractivity contribution in [3.8, 4) is 5.75 Å². The van der Waals surface area contributed by atoms with Crippen LogP contribution in [0, 0.1) is 23.2 Å². The topological polar surface area (TPSA) is 44.8 Å². The van der Waals surface area contributed by atoms with Crippen molar-refractivity contribution >= 4 is 5.97 Å². The van der Waals surface area contributed by atoms with Crippen molar-refractivity contribution in [3.05, 3.63) is 65.7 Å². The van der Waals surface area contributed by atoms with Crippen LogP contribution in [-0.4, -0.2) is 24.8 Å². The third kappa shape index (κ3) is 2.72. The van der Waals surface area contributed by atoms with Crippen LogP contribution in [0.2, 0.25) is 0 Å². The van der Waals surface area contributed by atoms with E-state index in [4.69, 9.17) is 14.2 Å². The molecular formula is C25H28O4. The van der Waals surface area contributed by atoms with Gasteiger partial charge in [-0.15, -0.1) is 0 Å². The van der Waals surface area contributed by atoms with Crippen molar-refractivity contribution in [2.24, 2.45) is 23.2 Å². The van der Waals surface area contributed by atoms with Crippen molar-refractivity contribution in [3.63, 3.8) is 0 Å². The number of carbonyl (C=O) groups excluding carboxylic acids is 1. The van der Waals surface area contributed by atoms with E-state index in [1.54, 1.807) is 12.1 Å². The molecular weight excluding hydrogens is 364 g/mol. The van der Waals surface area contributed by atoms with Gasteiger partial charge in [0, 0.05) is 16.9 Å². The molecule has 5 rings (SSSR count). The molecule has 2 fully saturated rings. The SMILES string of the molecule is C[C@@H]1C[C@]2(C)Oc3ccccc3[C@@H]3OC[C@]1(COC(=O)c1ccccc1)[C@@H](C)[C@@H]32. The van der Waals surface area contributed by atoms with Crippen LogP contribution in [0.3, 0.4) is 0 Å². The van der Waals surface area contributed by atoms with E-state index in [-0.39, 0.29) is 29.0 Å². The molecule has 6 atom stereocenters. The molecule has 1 saturated heterocycles. The molecule has 0 radical (unpaired) electrons. The summed E-state index contributed by atoms with van der Waals surface area (Å²) in [5.41, 5.74) is 1.27. The minimum absolute atomic E-state index is 0.0328. The van der Waals surface area contributed by atoms with E-state index in [1.807, 2.05) is 36.4 Å². The molecule has 29 heavy (non-hydrogen) atoms. The molecule has 4 heteroatoms. The Bertz CT molecular complexity index is 925. The summed E-state index contributed by atoms with van der Waals surface area (Å²) in [5.74, 6) is 1.54. The Kier molecular flexibility index (Phi) is 4.25. The van der Waals surface area contributed by atoms with Gasteiger partial charge < -0.3 is 14.2 Å². The molecule has 0 N–H and O–H groups in total. The van der Waals surface area contributed by atoms with Crippen LogP contribution in [0.15, 0.2) is 54.6 Å². The minimum Gasteiger partial charge on any atom is -0.487 e. The highest BCUT2D eigenvalue weighted by molar-refractivity contribution is 5.89. The molecule has 4 nitrogen and oxygen atoms in total. The Morgan fingerprint density at radius 2 is 1.83 bits per heavy atom. The predicted octanol–water partition coefficient (Wildman–Crippen LogP) is 5.04. The molecule has 152 valence electrons. The fraction of sp³-hybridized carbons (Fsp3) is 0.480. The number of para-hydroxylation sites is 1. The molecule has 1 aliphatic carbocycles. The van der Waals surface area contributed by atoms with Gasteiger partial charge in [0.05, 0.1) is 24.9 Å². The standard InChI is InChI=1S/C25H28O4/c1-16-13-24(3)21-17(2)25(16,15-28-23(26)18-9-5-4-6-10-18)14-27-22(21)19-11-7-8-12-20(19)29-24/h4-12,16-17,21-22H,13-15H2,1-3H3/t16-,17+,21+,22+,24+,25-/m1/s1. The maximum atomic E-state index is 12.6. The Hall–Kier alpha value is -2.33.